The van der Waals surface area contributed by atoms with Crippen LogP contribution < -0.4 is 10.6 Å². The molecule has 0 aromatic carbocycles. The van der Waals surface area contributed by atoms with E-state index in [0.717, 1.165) is 13.0 Å². The maximum atomic E-state index is 11.2. The first kappa shape index (κ1) is 13.6. The summed E-state index contributed by atoms with van der Waals surface area (Å²) >= 11 is 0. The maximum Gasteiger partial charge on any atom is 0.233 e. The van der Waals surface area contributed by atoms with Gasteiger partial charge >= 0.3 is 0 Å². The van der Waals surface area contributed by atoms with E-state index in [1.165, 1.54) is 0 Å². The van der Waals surface area contributed by atoms with Crippen LogP contribution in [0.3, 0.4) is 0 Å². The lowest BCUT2D eigenvalue weighted by molar-refractivity contribution is -0.120. The smallest absolute Gasteiger partial charge is 0.233 e. The summed E-state index contributed by atoms with van der Waals surface area (Å²) in [5.74, 6) is -0.0317. The normalized spacial score (nSPS) is 14.8. The zero-order valence-electron chi connectivity index (χ0n) is 9.13. The van der Waals surface area contributed by atoms with Crippen LogP contribution in [0.2, 0.25) is 0 Å². The van der Waals surface area contributed by atoms with Gasteiger partial charge in [0.15, 0.2) is 0 Å². The maximum absolute atomic E-state index is 11.2. The van der Waals surface area contributed by atoms with E-state index in [-0.39, 0.29) is 11.2 Å². The largest absolute Gasteiger partial charge is 0.354 e. The second-order valence-electron chi connectivity index (χ2n) is 3.29. The highest BCUT2D eigenvalue weighted by molar-refractivity contribution is 7.84. The summed E-state index contributed by atoms with van der Waals surface area (Å²) < 4.78 is 11.0. The van der Waals surface area contributed by atoms with Crippen LogP contribution in [-0.4, -0.2) is 41.3 Å². The fourth-order valence-electron chi connectivity index (χ4n) is 0.816. The van der Waals surface area contributed by atoms with Gasteiger partial charge in [0.05, 0.1) is 6.54 Å². The zero-order chi connectivity index (χ0) is 11.0. The van der Waals surface area contributed by atoms with E-state index in [0.29, 0.717) is 13.1 Å². The molecule has 0 spiro atoms. The van der Waals surface area contributed by atoms with Gasteiger partial charge in [0.2, 0.25) is 5.91 Å². The molecule has 0 aliphatic rings. The van der Waals surface area contributed by atoms with Gasteiger partial charge in [0, 0.05) is 28.9 Å². The molecule has 0 aromatic rings. The van der Waals surface area contributed by atoms with Gasteiger partial charge in [-0.2, -0.15) is 0 Å². The van der Waals surface area contributed by atoms with Crippen molar-refractivity contribution in [2.45, 2.75) is 25.5 Å². The molecule has 5 heteroatoms. The minimum atomic E-state index is -0.869. The van der Waals surface area contributed by atoms with Crippen LogP contribution in [0.5, 0.6) is 0 Å². The molecule has 0 saturated heterocycles. The Balaban J connectivity index is 3.48. The van der Waals surface area contributed by atoms with Gasteiger partial charge in [0.25, 0.3) is 0 Å². The number of carbonyl (C=O) groups excluding carboxylic acids is 1. The molecule has 1 amide bonds. The first-order chi connectivity index (χ1) is 6.57. The molecule has 0 bridgehead atoms. The Bertz CT molecular complexity index is 197. The first-order valence-corrected chi connectivity index (χ1v) is 6.49. The fraction of sp³-hybridized carbons (Fsp3) is 0.889. The molecule has 0 radical (unpaired) electrons. The van der Waals surface area contributed by atoms with Crippen LogP contribution in [-0.2, 0) is 15.6 Å². The Labute approximate surface area is 88.3 Å². The van der Waals surface area contributed by atoms with Crippen molar-refractivity contribution >= 4 is 16.7 Å². The number of rotatable bonds is 7. The van der Waals surface area contributed by atoms with Gasteiger partial charge in [-0.15, -0.1) is 0 Å². The van der Waals surface area contributed by atoms with Crippen molar-refractivity contribution < 1.29 is 9.00 Å². The van der Waals surface area contributed by atoms with Crippen LogP contribution >= 0.6 is 0 Å². The minimum Gasteiger partial charge on any atom is -0.354 e. The Morgan fingerprint density at radius 3 is 2.64 bits per heavy atom. The summed E-state index contributed by atoms with van der Waals surface area (Å²) in [5, 5.41) is 5.75. The third-order valence-corrected chi connectivity index (χ3v) is 3.17. The molecule has 0 aromatic heterocycles. The second kappa shape index (κ2) is 7.94. The van der Waals surface area contributed by atoms with Crippen LogP contribution in [0.25, 0.3) is 0 Å². The minimum absolute atomic E-state index is 0.0186. The summed E-state index contributed by atoms with van der Waals surface area (Å²) in [6.45, 7) is 5.58. The van der Waals surface area contributed by atoms with Crippen molar-refractivity contribution in [1.82, 2.24) is 10.6 Å². The number of hydrogen-bond acceptors (Lipinski definition) is 3. The summed E-state index contributed by atoms with van der Waals surface area (Å²) in [5.41, 5.74) is 0. The van der Waals surface area contributed by atoms with Gasteiger partial charge < -0.3 is 10.6 Å². The monoisotopic (exact) mass is 220 g/mol. The Hall–Kier alpha value is -0.420. The average molecular weight is 220 g/mol. The predicted octanol–water partition coefficient (Wildman–Crippen LogP) is -0.131. The molecule has 0 aliphatic heterocycles. The highest BCUT2D eigenvalue weighted by atomic mass is 32.2. The van der Waals surface area contributed by atoms with Crippen molar-refractivity contribution in [2.75, 3.05) is 25.9 Å². The van der Waals surface area contributed by atoms with Gasteiger partial charge in [0.1, 0.15) is 0 Å². The van der Waals surface area contributed by atoms with E-state index in [1.807, 2.05) is 13.8 Å². The van der Waals surface area contributed by atoms with Gasteiger partial charge in [-0.3, -0.25) is 9.00 Å². The summed E-state index contributed by atoms with van der Waals surface area (Å²) in [6, 6.07) is 0. The van der Waals surface area contributed by atoms with Crippen LogP contribution in [0.15, 0.2) is 0 Å². The standard InChI is InChI=1S/C9H20N2O2S/c1-4-5-10-7-9(12)11-6-8(2)14(3)13/h8,10H,4-7H2,1-3H3,(H,11,12). The zero-order valence-corrected chi connectivity index (χ0v) is 9.95. The number of hydrogen-bond donors (Lipinski definition) is 2. The average Bonchev–Trinajstić information content (AvgIpc) is 2.14. The molecule has 2 N–H and O–H groups in total. The van der Waals surface area contributed by atoms with E-state index in [1.54, 1.807) is 6.26 Å². The molecular weight excluding hydrogens is 200 g/mol. The number of nitrogens with one attached hydrogen (secondary N) is 2. The van der Waals surface area contributed by atoms with Crippen LogP contribution in [0.1, 0.15) is 20.3 Å². The third-order valence-electron chi connectivity index (χ3n) is 1.87. The predicted molar refractivity (Wildman–Crippen MR) is 59.7 cm³/mol. The quantitative estimate of drug-likeness (QED) is 0.588. The highest BCUT2D eigenvalue weighted by Crippen LogP contribution is 1.88. The molecule has 4 nitrogen and oxygen atoms in total. The molecule has 0 fully saturated rings. The van der Waals surface area contributed by atoms with Gasteiger partial charge in [-0.25, -0.2) is 0 Å². The van der Waals surface area contributed by atoms with Crippen LogP contribution in [0, 0.1) is 0 Å². The van der Waals surface area contributed by atoms with Gasteiger partial charge in [-0.1, -0.05) is 6.92 Å². The topological polar surface area (TPSA) is 58.2 Å². The molecule has 0 rings (SSSR count). The summed E-state index contributed by atoms with van der Waals surface area (Å²) in [7, 11) is -0.869. The summed E-state index contributed by atoms with van der Waals surface area (Å²) in [6.07, 6.45) is 2.66. The highest BCUT2D eigenvalue weighted by Gasteiger charge is 2.07. The van der Waals surface area contributed by atoms with Crippen molar-refractivity contribution in [3.63, 3.8) is 0 Å². The van der Waals surface area contributed by atoms with E-state index in [4.69, 9.17) is 0 Å². The molecule has 2 unspecified atom stereocenters. The molecule has 2 atom stereocenters. The fourth-order valence-corrected chi connectivity index (χ4v) is 1.13. The van der Waals surface area contributed by atoms with Gasteiger partial charge in [-0.05, 0) is 19.9 Å². The third kappa shape index (κ3) is 7.03. The molecule has 84 valence electrons. The Morgan fingerprint density at radius 2 is 2.14 bits per heavy atom. The lowest BCUT2D eigenvalue weighted by atomic mass is 10.4. The van der Waals surface area contributed by atoms with Crippen LogP contribution in [0.4, 0.5) is 0 Å². The van der Waals surface area contributed by atoms with E-state index in [9.17, 15) is 9.00 Å². The SMILES string of the molecule is CCCNCC(=O)NCC(C)S(C)=O. The first-order valence-electron chi connectivity index (χ1n) is 4.87. The van der Waals surface area contributed by atoms with E-state index in [2.05, 4.69) is 10.6 Å². The lowest BCUT2D eigenvalue weighted by Crippen LogP contribution is -2.38. The van der Waals surface area contributed by atoms with E-state index < -0.39 is 10.8 Å². The number of carbonyl (C=O) groups is 1. The molecule has 0 aliphatic carbocycles. The second-order valence-corrected chi connectivity index (χ2v) is 5.09. The van der Waals surface area contributed by atoms with Crippen molar-refractivity contribution in [2.24, 2.45) is 0 Å². The molecule has 14 heavy (non-hydrogen) atoms. The number of amides is 1. The molecule has 0 saturated carbocycles. The molecule has 0 heterocycles. The summed E-state index contributed by atoms with van der Waals surface area (Å²) in [4.78, 5) is 11.2. The van der Waals surface area contributed by atoms with Crippen molar-refractivity contribution in [3.05, 3.63) is 0 Å². The Morgan fingerprint density at radius 1 is 1.50 bits per heavy atom. The van der Waals surface area contributed by atoms with Crippen molar-refractivity contribution in [3.8, 4) is 0 Å². The lowest BCUT2D eigenvalue weighted by Gasteiger charge is -2.10. The Kier molecular flexibility index (Phi) is 7.70. The van der Waals surface area contributed by atoms with Crippen molar-refractivity contribution in [1.29, 1.82) is 0 Å². The van der Waals surface area contributed by atoms with E-state index >= 15 is 0 Å². The molecular formula is C9H20N2O2S.